The van der Waals surface area contributed by atoms with Crippen molar-refractivity contribution in [2.45, 2.75) is 30.8 Å². The highest BCUT2D eigenvalue weighted by Gasteiger charge is 2.23. The summed E-state index contributed by atoms with van der Waals surface area (Å²) >= 11 is 6.29. The first-order valence-electron chi connectivity index (χ1n) is 10.9. The number of fused-ring (bicyclic) bond motifs is 3. The van der Waals surface area contributed by atoms with E-state index in [1.54, 1.807) is 23.0 Å². The lowest BCUT2D eigenvalue weighted by Crippen LogP contribution is -2.23. The molecule has 0 saturated carbocycles. The summed E-state index contributed by atoms with van der Waals surface area (Å²) in [5.41, 5.74) is 2.48. The molecule has 0 saturated heterocycles. The molecule has 174 valence electrons. The van der Waals surface area contributed by atoms with Crippen LogP contribution in [0.5, 0.6) is 5.75 Å². The lowest BCUT2D eigenvalue weighted by molar-refractivity contribution is -0.113. The van der Waals surface area contributed by atoms with Crippen LogP contribution in [0, 0.1) is 0 Å². The summed E-state index contributed by atoms with van der Waals surface area (Å²) in [7, 11) is 1.61. The summed E-state index contributed by atoms with van der Waals surface area (Å²) in [6.45, 7) is 0. The monoisotopic (exact) mass is 555 g/mol. The average molecular weight is 557 g/mol. The Balaban J connectivity index is 1.52. The predicted molar refractivity (Wildman–Crippen MR) is 142 cm³/mol. The maximum absolute atomic E-state index is 13.8. The van der Waals surface area contributed by atoms with Gasteiger partial charge >= 0.3 is 0 Å². The van der Waals surface area contributed by atoms with Gasteiger partial charge in [-0.1, -0.05) is 33.8 Å². The molecule has 5 rings (SSSR count). The number of aromatic nitrogens is 2. The van der Waals surface area contributed by atoms with E-state index in [2.05, 4.69) is 21.2 Å². The van der Waals surface area contributed by atoms with E-state index in [4.69, 9.17) is 9.72 Å². The van der Waals surface area contributed by atoms with Crippen molar-refractivity contribution < 1.29 is 9.53 Å². The van der Waals surface area contributed by atoms with Gasteiger partial charge in [0.1, 0.15) is 10.6 Å². The van der Waals surface area contributed by atoms with E-state index in [9.17, 15) is 9.59 Å². The van der Waals surface area contributed by atoms with Crippen LogP contribution in [0.4, 0.5) is 5.69 Å². The van der Waals surface area contributed by atoms with Crippen molar-refractivity contribution in [3.63, 3.8) is 0 Å². The number of thiophene rings is 1. The Morgan fingerprint density at radius 3 is 2.76 bits per heavy atom. The van der Waals surface area contributed by atoms with Crippen LogP contribution in [0.2, 0.25) is 0 Å². The third kappa shape index (κ3) is 4.64. The molecule has 1 amide bonds. The molecular weight excluding hydrogens is 534 g/mol. The first-order chi connectivity index (χ1) is 16.5. The summed E-state index contributed by atoms with van der Waals surface area (Å²) < 4.78 is 7.79. The normalized spacial score (nSPS) is 13.0. The first-order valence-corrected chi connectivity index (χ1v) is 13.5. The summed E-state index contributed by atoms with van der Waals surface area (Å²) in [6.07, 6.45) is 4.14. The Labute approximate surface area is 213 Å². The number of halogens is 1. The standard InChI is InChI=1S/C25H22BrN3O3S2/c1-32-18-11-9-17(10-12-18)29-24(31)22-19-7-2-3-8-20(19)34-23(22)28-25(29)33-14-21(30)27-16-6-4-5-15(26)13-16/h4-6,9-13H,2-3,7-8,14H2,1H3,(H,27,30). The van der Waals surface area contributed by atoms with Crippen LogP contribution in [-0.4, -0.2) is 28.3 Å². The second-order valence-corrected chi connectivity index (χ2v) is 10.9. The summed E-state index contributed by atoms with van der Waals surface area (Å²) in [5.74, 6) is 0.677. The van der Waals surface area contributed by atoms with Crippen molar-refractivity contribution in [2.24, 2.45) is 0 Å². The van der Waals surface area contributed by atoms with Gasteiger partial charge in [0.25, 0.3) is 5.56 Å². The third-order valence-corrected chi connectivity index (χ3v) is 8.35. The molecule has 1 aliphatic carbocycles. The molecule has 6 nitrogen and oxygen atoms in total. The molecule has 2 heterocycles. The van der Waals surface area contributed by atoms with E-state index >= 15 is 0 Å². The Kier molecular flexibility index (Phi) is 6.76. The number of benzene rings is 2. The number of aryl methyl sites for hydroxylation is 2. The van der Waals surface area contributed by atoms with Crippen LogP contribution in [0.15, 0.2) is 63.0 Å². The van der Waals surface area contributed by atoms with Gasteiger partial charge in [-0.3, -0.25) is 14.2 Å². The number of amides is 1. The van der Waals surface area contributed by atoms with Crippen LogP contribution >= 0.6 is 39.0 Å². The van der Waals surface area contributed by atoms with Crippen molar-refractivity contribution in [1.82, 2.24) is 9.55 Å². The molecule has 1 aliphatic rings. The molecule has 2 aromatic heterocycles. The number of carbonyl (C=O) groups excluding carboxylic acids is 1. The van der Waals surface area contributed by atoms with Gasteiger partial charge in [-0.25, -0.2) is 4.98 Å². The molecule has 0 fully saturated rings. The maximum Gasteiger partial charge on any atom is 0.267 e. The second kappa shape index (κ2) is 9.93. The SMILES string of the molecule is COc1ccc(-n2c(SCC(=O)Nc3cccc(Br)c3)nc3sc4c(c3c2=O)CCCC4)cc1. The van der Waals surface area contributed by atoms with E-state index < -0.39 is 0 Å². The van der Waals surface area contributed by atoms with Crippen LogP contribution in [0.3, 0.4) is 0 Å². The fourth-order valence-corrected chi connectivity index (χ4v) is 6.65. The van der Waals surface area contributed by atoms with Gasteiger partial charge in [0.2, 0.25) is 5.91 Å². The summed E-state index contributed by atoms with van der Waals surface area (Å²) in [5, 5.41) is 4.13. The van der Waals surface area contributed by atoms with E-state index in [-0.39, 0.29) is 17.2 Å². The van der Waals surface area contributed by atoms with Crippen molar-refractivity contribution in [3.05, 3.63) is 73.8 Å². The van der Waals surface area contributed by atoms with Crippen molar-refractivity contribution in [1.29, 1.82) is 0 Å². The van der Waals surface area contributed by atoms with E-state index in [1.807, 2.05) is 48.5 Å². The van der Waals surface area contributed by atoms with E-state index in [0.717, 1.165) is 45.9 Å². The van der Waals surface area contributed by atoms with E-state index in [1.165, 1.54) is 16.6 Å². The highest BCUT2D eigenvalue weighted by atomic mass is 79.9. The number of carbonyl (C=O) groups is 1. The number of methoxy groups -OCH3 is 1. The van der Waals surface area contributed by atoms with Crippen molar-refractivity contribution in [2.75, 3.05) is 18.2 Å². The number of nitrogens with one attached hydrogen (secondary N) is 1. The molecule has 1 N–H and O–H groups in total. The predicted octanol–water partition coefficient (Wildman–Crippen LogP) is 5.83. The molecule has 4 aromatic rings. The fraction of sp³-hybridized carbons (Fsp3) is 0.240. The first kappa shape index (κ1) is 23.1. The van der Waals surface area contributed by atoms with Crippen molar-refractivity contribution in [3.8, 4) is 11.4 Å². The highest BCUT2D eigenvalue weighted by Crippen LogP contribution is 2.35. The molecule has 0 unspecified atom stereocenters. The maximum atomic E-state index is 13.8. The Bertz CT molecular complexity index is 1430. The van der Waals surface area contributed by atoms with Crippen LogP contribution in [0.25, 0.3) is 15.9 Å². The fourth-order valence-electron chi connectivity index (χ4n) is 4.14. The minimum Gasteiger partial charge on any atom is -0.497 e. The lowest BCUT2D eigenvalue weighted by atomic mass is 9.97. The number of anilines is 1. The van der Waals surface area contributed by atoms with E-state index in [0.29, 0.717) is 22.3 Å². The largest absolute Gasteiger partial charge is 0.497 e. The Morgan fingerprint density at radius 2 is 2.00 bits per heavy atom. The molecule has 9 heteroatoms. The molecule has 2 aromatic carbocycles. The minimum absolute atomic E-state index is 0.0792. The smallest absolute Gasteiger partial charge is 0.267 e. The lowest BCUT2D eigenvalue weighted by Gasteiger charge is -2.14. The molecule has 34 heavy (non-hydrogen) atoms. The van der Waals surface area contributed by atoms with Crippen LogP contribution < -0.4 is 15.6 Å². The van der Waals surface area contributed by atoms with Crippen LogP contribution in [0.1, 0.15) is 23.3 Å². The van der Waals surface area contributed by atoms with Crippen LogP contribution in [-0.2, 0) is 17.6 Å². The Morgan fingerprint density at radius 1 is 1.21 bits per heavy atom. The summed E-state index contributed by atoms with van der Waals surface area (Å²) in [6, 6.07) is 14.8. The van der Waals surface area contributed by atoms with Gasteiger partial charge in [-0.15, -0.1) is 11.3 Å². The van der Waals surface area contributed by atoms with Gasteiger partial charge < -0.3 is 10.1 Å². The minimum atomic E-state index is -0.163. The number of thioether (sulfide) groups is 1. The van der Waals surface area contributed by atoms with Gasteiger partial charge in [0, 0.05) is 15.0 Å². The molecule has 0 radical (unpaired) electrons. The van der Waals surface area contributed by atoms with Crippen molar-refractivity contribution >= 4 is 60.8 Å². The Hall–Kier alpha value is -2.62. The molecule has 0 aliphatic heterocycles. The number of ether oxygens (including phenoxy) is 1. The number of rotatable bonds is 6. The number of nitrogens with zero attached hydrogens (tertiary/aromatic N) is 2. The average Bonchev–Trinajstić information content (AvgIpc) is 3.22. The second-order valence-electron chi connectivity index (χ2n) is 7.97. The zero-order valence-corrected chi connectivity index (χ0v) is 21.7. The zero-order chi connectivity index (χ0) is 23.7. The number of hydrogen-bond donors (Lipinski definition) is 1. The summed E-state index contributed by atoms with van der Waals surface area (Å²) in [4.78, 5) is 33.4. The zero-order valence-electron chi connectivity index (χ0n) is 18.5. The quantitative estimate of drug-likeness (QED) is 0.239. The third-order valence-electron chi connectivity index (χ3n) is 5.73. The molecule has 0 spiro atoms. The molecule has 0 atom stereocenters. The highest BCUT2D eigenvalue weighted by molar-refractivity contribution is 9.10. The topological polar surface area (TPSA) is 73.2 Å². The molecule has 0 bridgehead atoms. The van der Waals surface area contributed by atoms with Gasteiger partial charge in [0.05, 0.1) is 23.9 Å². The van der Waals surface area contributed by atoms with Gasteiger partial charge in [-0.2, -0.15) is 0 Å². The molecular formula is C25H22BrN3O3S2. The number of hydrogen-bond acceptors (Lipinski definition) is 6. The van der Waals surface area contributed by atoms with Gasteiger partial charge in [0.15, 0.2) is 5.16 Å². The van der Waals surface area contributed by atoms with Gasteiger partial charge in [-0.05, 0) is 73.7 Å².